The van der Waals surface area contributed by atoms with Gasteiger partial charge in [-0.2, -0.15) is 5.26 Å². The summed E-state index contributed by atoms with van der Waals surface area (Å²) in [6.07, 6.45) is 1.74. The second-order valence-corrected chi connectivity index (χ2v) is 8.04. The lowest BCUT2D eigenvalue weighted by molar-refractivity contribution is -0.116. The lowest BCUT2D eigenvalue weighted by atomic mass is 9.78. The molecule has 0 amide bonds. The lowest BCUT2D eigenvalue weighted by Gasteiger charge is -2.39. The summed E-state index contributed by atoms with van der Waals surface area (Å²) in [5.74, 6) is -0.700. The number of allylic oxidation sites excluding steroid dienone is 3. The predicted octanol–water partition coefficient (Wildman–Crippen LogP) is 4.50. The number of ketones is 1. The standard InChI is InChI=1S/C21H18FN3OS/c1-12-9-10-18(27-12)19-13(11-23)21(24)25(15-6-3-2-5-14(15)22)16-7-4-8-17(26)20(16)19/h2-3,5-6,9-10,19H,4,7-8,24H2,1H3. The van der Waals surface area contributed by atoms with Gasteiger partial charge in [-0.25, -0.2) is 4.39 Å². The molecule has 4 rings (SSSR count). The zero-order valence-corrected chi connectivity index (χ0v) is 15.6. The van der Waals surface area contributed by atoms with Crippen LogP contribution in [0.3, 0.4) is 0 Å². The van der Waals surface area contributed by atoms with Gasteiger partial charge in [0.1, 0.15) is 11.6 Å². The third-order valence-electron chi connectivity index (χ3n) is 5.05. The quantitative estimate of drug-likeness (QED) is 0.834. The van der Waals surface area contributed by atoms with Crippen molar-refractivity contribution < 1.29 is 9.18 Å². The van der Waals surface area contributed by atoms with Crippen molar-refractivity contribution in [2.45, 2.75) is 32.1 Å². The summed E-state index contributed by atoms with van der Waals surface area (Å²) in [4.78, 5) is 16.5. The van der Waals surface area contributed by atoms with Gasteiger partial charge in [0.2, 0.25) is 0 Å². The number of carbonyl (C=O) groups is 1. The van der Waals surface area contributed by atoms with Crippen molar-refractivity contribution in [2.24, 2.45) is 5.73 Å². The Morgan fingerprint density at radius 3 is 2.70 bits per heavy atom. The molecular formula is C21H18FN3OS. The Hall–Kier alpha value is -2.91. The monoisotopic (exact) mass is 379 g/mol. The molecular weight excluding hydrogens is 361 g/mol. The highest BCUT2D eigenvalue weighted by Gasteiger charge is 2.41. The molecule has 136 valence electrons. The van der Waals surface area contributed by atoms with E-state index in [-0.39, 0.29) is 17.3 Å². The van der Waals surface area contributed by atoms with Gasteiger partial charge in [0.25, 0.3) is 0 Å². The van der Waals surface area contributed by atoms with Gasteiger partial charge < -0.3 is 5.73 Å². The van der Waals surface area contributed by atoms with Gasteiger partial charge in [-0.3, -0.25) is 9.69 Å². The van der Waals surface area contributed by atoms with E-state index >= 15 is 0 Å². The van der Waals surface area contributed by atoms with E-state index in [2.05, 4.69) is 6.07 Å². The van der Waals surface area contributed by atoms with Crippen LogP contribution in [-0.4, -0.2) is 5.78 Å². The van der Waals surface area contributed by atoms with Gasteiger partial charge in [0.15, 0.2) is 5.78 Å². The SMILES string of the molecule is Cc1ccc(C2C(C#N)=C(N)N(c3ccccc3F)C3=C2C(=O)CCC3)s1. The third-order valence-corrected chi connectivity index (χ3v) is 6.12. The number of hydrogen-bond donors (Lipinski definition) is 1. The Bertz CT molecular complexity index is 1040. The number of aryl methyl sites for hydroxylation is 1. The lowest BCUT2D eigenvalue weighted by Crippen LogP contribution is -2.39. The maximum absolute atomic E-state index is 14.5. The minimum Gasteiger partial charge on any atom is -0.384 e. The largest absolute Gasteiger partial charge is 0.384 e. The van der Waals surface area contributed by atoms with Crippen LogP contribution < -0.4 is 10.6 Å². The normalized spacial score (nSPS) is 20.0. The molecule has 0 fully saturated rings. The summed E-state index contributed by atoms with van der Waals surface area (Å²) < 4.78 is 14.5. The average molecular weight is 379 g/mol. The number of rotatable bonds is 2. The van der Waals surface area contributed by atoms with Crippen molar-refractivity contribution in [1.29, 1.82) is 5.26 Å². The molecule has 2 aromatic rings. The van der Waals surface area contributed by atoms with E-state index in [4.69, 9.17) is 5.73 Å². The number of para-hydroxylation sites is 1. The van der Waals surface area contributed by atoms with E-state index in [1.165, 1.54) is 6.07 Å². The number of anilines is 1. The summed E-state index contributed by atoms with van der Waals surface area (Å²) in [5, 5.41) is 9.87. The van der Waals surface area contributed by atoms with Crippen LogP contribution >= 0.6 is 11.3 Å². The topological polar surface area (TPSA) is 70.1 Å². The molecule has 0 spiro atoms. The van der Waals surface area contributed by atoms with Crippen molar-refractivity contribution in [2.75, 3.05) is 4.90 Å². The van der Waals surface area contributed by atoms with Crippen molar-refractivity contribution >= 4 is 22.8 Å². The van der Waals surface area contributed by atoms with E-state index in [0.29, 0.717) is 36.1 Å². The molecule has 1 aromatic carbocycles. The Kier molecular flexibility index (Phi) is 4.33. The van der Waals surface area contributed by atoms with Crippen LogP contribution in [0.4, 0.5) is 10.1 Å². The first-order valence-corrected chi connectivity index (χ1v) is 9.61. The van der Waals surface area contributed by atoms with Crippen LogP contribution in [0.2, 0.25) is 0 Å². The minimum absolute atomic E-state index is 0.00823. The molecule has 1 atom stereocenters. The first-order chi connectivity index (χ1) is 13.0. The highest BCUT2D eigenvalue weighted by molar-refractivity contribution is 7.12. The fourth-order valence-electron chi connectivity index (χ4n) is 3.89. The maximum atomic E-state index is 14.5. The third kappa shape index (κ3) is 2.75. The minimum atomic E-state index is -0.473. The second-order valence-electron chi connectivity index (χ2n) is 6.72. The number of nitrogens with two attached hydrogens (primary N) is 1. The number of hydrogen-bond acceptors (Lipinski definition) is 5. The second kappa shape index (κ2) is 6.67. The van der Waals surface area contributed by atoms with Crippen LogP contribution in [0.15, 0.2) is 59.1 Å². The molecule has 0 saturated heterocycles. The molecule has 4 nitrogen and oxygen atoms in total. The van der Waals surface area contributed by atoms with Gasteiger partial charge in [-0.1, -0.05) is 12.1 Å². The summed E-state index contributed by atoms with van der Waals surface area (Å²) in [5.41, 5.74) is 8.26. The van der Waals surface area contributed by atoms with E-state index in [0.717, 1.165) is 9.75 Å². The highest BCUT2D eigenvalue weighted by atomic mass is 32.1. The molecule has 27 heavy (non-hydrogen) atoms. The molecule has 0 bridgehead atoms. The molecule has 2 heterocycles. The summed E-state index contributed by atoms with van der Waals surface area (Å²) in [6.45, 7) is 1.99. The van der Waals surface area contributed by atoms with Crippen LogP contribution in [-0.2, 0) is 4.79 Å². The molecule has 0 radical (unpaired) electrons. The smallest absolute Gasteiger partial charge is 0.161 e. The summed E-state index contributed by atoms with van der Waals surface area (Å²) in [7, 11) is 0. The van der Waals surface area contributed by atoms with Crippen molar-refractivity contribution in [3.8, 4) is 6.07 Å². The number of carbonyl (C=O) groups excluding carboxylic acids is 1. The van der Waals surface area contributed by atoms with Gasteiger partial charge in [0.05, 0.1) is 23.2 Å². The Morgan fingerprint density at radius 2 is 2.04 bits per heavy atom. The fraction of sp³-hybridized carbons (Fsp3) is 0.238. The van der Waals surface area contributed by atoms with Crippen LogP contribution in [0.1, 0.15) is 34.9 Å². The zero-order chi connectivity index (χ0) is 19.1. The molecule has 6 heteroatoms. The Labute approximate surface area is 161 Å². The number of thiophene rings is 1. The highest BCUT2D eigenvalue weighted by Crippen LogP contribution is 2.47. The van der Waals surface area contributed by atoms with Gasteiger partial charge in [-0.15, -0.1) is 11.3 Å². The first-order valence-electron chi connectivity index (χ1n) is 8.80. The fourth-order valence-corrected chi connectivity index (χ4v) is 4.89. The Morgan fingerprint density at radius 1 is 1.26 bits per heavy atom. The molecule has 1 unspecified atom stereocenters. The molecule has 2 N–H and O–H groups in total. The molecule has 0 saturated carbocycles. The number of Topliss-reactive ketones (excluding diaryl/α,β-unsaturated/α-hetero) is 1. The van der Waals surface area contributed by atoms with Gasteiger partial charge >= 0.3 is 0 Å². The van der Waals surface area contributed by atoms with Gasteiger partial charge in [-0.05, 0) is 44.0 Å². The van der Waals surface area contributed by atoms with Gasteiger partial charge in [0, 0.05) is 27.4 Å². The molecule has 1 aliphatic heterocycles. The molecule has 1 aromatic heterocycles. The number of benzene rings is 1. The van der Waals surface area contributed by atoms with Crippen LogP contribution in [0, 0.1) is 24.1 Å². The van der Waals surface area contributed by atoms with Crippen LogP contribution in [0.25, 0.3) is 0 Å². The predicted molar refractivity (Wildman–Crippen MR) is 103 cm³/mol. The number of halogens is 1. The van der Waals surface area contributed by atoms with E-state index < -0.39 is 11.7 Å². The van der Waals surface area contributed by atoms with Crippen molar-refractivity contribution in [3.63, 3.8) is 0 Å². The maximum Gasteiger partial charge on any atom is 0.161 e. The Balaban J connectivity index is 1.99. The average Bonchev–Trinajstić information content (AvgIpc) is 3.08. The first kappa shape index (κ1) is 17.5. The van der Waals surface area contributed by atoms with E-state index in [9.17, 15) is 14.4 Å². The molecule has 1 aliphatic carbocycles. The van der Waals surface area contributed by atoms with Crippen LogP contribution in [0.5, 0.6) is 0 Å². The van der Waals surface area contributed by atoms with E-state index in [1.54, 1.807) is 34.4 Å². The number of nitriles is 1. The van der Waals surface area contributed by atoms with Crippen molar-refractivity contribution in [1.82, 2.24) is 0 Å². The molecule has 2 aliphatic rings. The van der Waals surface area contributed by atoms with Crippen molar-refractivity contribution in [3.05, 3.63) is 74.6 Å². The summed E-state index contributed by atoms with van der Waals surface area (Å²) >= 11 is 1.55. The van der Waals surface area contributed by atoms with E-state index in [1.807, 2.05) is 19.1 Å². The number of nitrogens with zero attached hydrogens (tertiary/aromatic N) is 2. The zero-order valence-electron chi connectivity index (χ0n) is 14.8. The summed E-state index contributed by atoms with van der Waals surface area (Å²) in [6, 6.07) is 12.4.